The second-order valence-corrected chi connectivity index (χ2v) is 8.43. The number of fused-ring (bicyclic) bond motifs is 1. The standard InChI is InChI=1S/C16H22OS2/c1-10-3-4-12(7-11(10)2)16(17)15-8-13-9-18-6-5-14(13)19-15/h8,10-12H,3-7,9H2,1-2H3. The van der Waals surface area contributed by atoms with Crippen molar-refractivity contribution >= 4 is 28.9 Å². The maximum Gasteiger partial charge on any atom is 0.175 e. The molecule has 0 spiro atoms. The summed E-state index contributed by atoms with van der Waals surface area (Å²) in [7, 11) is 0. The molecule has 2 aliphatic rings. The minimum Gasteiger partial charge on any atom is -0.293 e. The average Bonchev–Trinajstić information content (AvgIpc) is 2.85. The van der Waals surface area contributed by atoms with Crippen molar-refractivity contribution in [3.63, 3.8) is 0 Å². The first-order chi connectivity index (χ1) is 9.15. The van der Waals surface area contributed by atoms with Gasteiger partial charge in [-0.2, -0.15) is 11.8 Å². The molecule has 0 N–H and O–H groups in total. The first-order valence-corrected chi connectivity index (χ1v) is 9.36. The van der Waals surface area contributed by atoms with Gasteiger partial charge < -0.3 is 0 Å². The van der Waals surface area contributed by atoms with Crippen LogP contribution >= 0.6 is 23.1 Å². The fourth-order valence-corrected chi connectivity index (χ4v) is 5.65. The van der Waals surface area contributed by atoms with Crippen LogP contribution < -0.4 is 0 Å². The van der Waals surface area contributed by atoms with Crippen LogP contribution in [0.1, 0.15) is 53.2 Å². The monoisotopic (exact) mass is 294 g/mol. The summed E-state index contributed by atoms with van der Waals surface area (Å²) in [5.74, 6) is 4.54. The van der Waals surface area contributed by atoms with Gasteiger partial charge in [0, 0.05) is 16.5 Å². The Hall–Kier alpha value is -0.280. The number of thioether (sulfide) groups is 1. The molecule has 104 valence electrons. The molecule has 1 nitrogen and oxygen atoms in total. The number of carbonyl (C=O) groups excluding carboxylic acids is 1. The highest BCUT2D eigenvalue weighted by Gasteiger charge is 2.31. The van der Waals surface area contributed by atoms with Crippen LogP contribution in [0.5, 0.6) is 0 Å². The van der Waals surface area contributed by atoms with Crippen molar-refractivity contribution in [2.45, 2.75) is 45.3 Å². The molecule has 3 rings (SSSR count). The summed E-state index contributed by atoms with van der Waals surface area (Å²) in [4.78, 5) is 15.2. The van der Waals surface area contributed by atoms with Crippen molar-refractivity contribution in [2.75, 3.05) is 5.75 Å². The number of thiophene rings is 1. The highest BCUT2D eigenvalue weighted by Crippen LogP contribution is 2.38. The van der Waals surface area contributed by atoms with Crippen LogP contribution in [0.4, 0.5) is 0 Å². The van der Waals surface area contributed by atoms with Gasteiger partial charge in [-0.05, 0) is 54.9 Å². The second-order valence-electron chi connectivity index (χ2n) is 6.19. The van der Waals surface area contributed by atoms with Crippen molar-refractivity contribution in [1.82, 2.24) is 0 Å². The van der Waals surface area contributed by atoms with Crippen molar-refractivity contribution in [2.24, 2.45) is 17.8 Å². The molecule has 1 fully saturated rings. The minimum atomic E-state index is 0.291. The van der Waals surface area contributed by atoms with Crippen LogP contribution in [-0.4, -0.2) is 11.5 Å². The Morgan fingerprint density at radius 1 is 1.26 bits per heavy atom. The quantitative estimate of drug-likeness (QED) is 0.729. The van der Waals surface area contributed by atoms with Gasteiger partial charge in [-0.25, -0.2) is 0 Å². The Labute approximate surface area is 124 Å². The van der Waals surface area contributed by atoms with Gasteiger partial charge in [0.05, 0.1) is 4.88 Å². The van der Waals surface area contributed by atoms with Crippen LogP contribution in [0.2, 0.25) is 0 Å². The highest BCUT2D eigenvalue weighted by atomic mass is 32.2. The Bertz CT molecular complexity index is 454. The molecule has 1 aromatic rings. The van der Waals surface area contributed by atoms with E-state index in [0.29, 0.717) is 17.6 Å². The van der Waals surface area contributed by atoms with Crippen molar-refractivity contribution in [1.29, 1.82) is 0 Å². The average molecular weight is 294 g/mol. The van der Waals surface area contributed by atoms with Crippen LogP contribution in [-0.2, 0) is 12.2 Å². The first kappa shape index (κ1) is 13.7. The summed E-state index contributed by atoms with van der Waals surface area (Å²) < 4.78 is 0. The maximum absolute atomic E-state index is 12.7. The van der Waals surface area contributed by atoms with E-state index in [4.69, 9.17) is 0 Å². The normalized spacial score (nSPS) is 30.9. The van der Waals surface area contributed by atoms with E-state index < -0.39 is 0 Å². The lowest BCUT2D eigenvalue weighted by molar-refractivity contribution is 0.0842. The summed E-state index contributed by atoms with van der Waals surface area (Å²) in [5, 5.41) is 0. The minimum absolute atomic E-state index is 0.291. The zero-order valence-corrected chi connectivity index (χ0v) is 13.4. The van der Waals surface area contributed by atoms with E-state index in [-0.39, 0.29) is 0 Å². The smallest absolute Gasteiger partial charge is 0.175 e. The second kappa shape index (κ2) is 5.61. The predicted molar refractivity (Wildman–Crippen MR) is 84.2 cm³/mol. The Morgan fingerprint density at radius 3 is 2.84 bits per heavy atom. The number of hydrogen-bond acceptors (Lipinski definition) is 3. The van der Waals surface area contributed by atoms with E-state index in [2.05, 4.69) is 19.9 Å². The summed E-state index contributed by atoms with van der Waals surface area (Å²) in [5.41, 5.74) is 1.43. The van der Waals surface area contributed by atoms with E-state index in [1.165, 1.54) is 22.6 Å². The van der Waals surface area contributed by atoms with Crippen LogP contribution in [0.3, 0.4) is 0 Å². The molecular weight excluding hydrogens is 272 g/mol. The van der Waals surface area contributed by atoms with Crippen molar-refractivity contribution in [3.05, 3.63) is 21.4 Å². The molecule has 0 bridgehead atoms. The third kappa shape index (κ3) is 2.78. The third-order valence-electron chi connectivity index (χ3n) is 4.84. The number of rotatable bonds is 2. The zero-order chi connectivity index (χ0) is 13.4. The molecule has 19 heavy (non-hydrogen) atoms. The number of ketones is 1. The van der Waals surface area contributed by atoms with Gasteiger partial charge in [-0.3, -0.25) is 4.79 Å². The van der Waals surface area contributed by atoms with Gasteiger partial charge in [-0.15, -0.1) is 11.3 Å². The number of Topliss-reactive ketones (excluding diaryl/α,β-unsaturated/α-hetero) is 1. The van der Waals surface area contributed by atoms with Gasteiger partial charge in [0.1, 0.15) is 0 Å². The molecule has 0 radical (unpaired) electrons. The molecule has 1 aromatic heterocycles. The first-order valence-electron chi connectivity index (χ1n) is 7.38. The van der Waals surface area contributed by atoms with E-state index in [0.717, 1.165) is 35.8 Å². The Balaban J connectivity index is 1.75. The summed E-state index contributed by atoms with van der Waals surface area (Å²) >= 11 is 3.77. The molecule has 3 heteroatoms. The molecule has 1 saturated carbocycles. The van der Waals surface area contributed by atoms with E-state index in [1.807, 2.05) is 11.8 Å². The van der Waals surface area contributed by atoms with Gasteiger partial charge >= 0.3 is 0 Å². The molecule has 0 aromatic carbocycles. The summed E-state index contributed by atoms with van der Waals surface area (Å²) in [6.45, 7) is 4.63. The van der Waals surface area contributed by atoms with Gasteiger partial charge in [0.2, 0.25) is 0 Å². The summed E-state index contributed by atoms with van der Waals surface area (Å²) in [6, 6.07) is 2.19. The van der Waals surface area contributed by atoms with Crippen LogP contribution in [0.15, 0.2) is 6.07 Å². The Kier molecular flexibility index (Phi) is 4.04. The highest BCUT2D eigenvalue weighted by molar-refractivity contribution is 7.98. The lowest BCUT2D eigenvalue weighted by Crippen LogP contribution is -2.26. The SMILES string of the molecule is CC1CCC(C(=O)c2cc3c(s2)CCSC3)CC1C. The largest absolute Gasteiger partial charge is 0.293 e. The fraction of sp³-hybridized carbons (Fsp3) is 0.688. The number of hydrogen-bond donors (Lipinski definition) is 0. The van der Waals surface area contributed by atoms with Crippen molar-refractivity contribution in [3.8, 4) is 0 Å². The molecule has 0 saturated heterocycles. The van der Waals surface area contributed by atoms with Crippen LogP contribution in [0, 0.1) is 17.8 Å². The Morgan fingerprint density at radius 2 is 2.11 bits per heavy atom. The fourth-order valence-electron chi connectivity index (χ4n) is 3.26. The topological polar surface area (TPSA) is 17.1 Å². The molecule has 2 heterocycles. The van der Waals surface area contributed by atoms with Crippen LogP contribution in [0.25, 0.3) is 0 Å². The lowest BCUT2D eigenvalue weighted by atomic mass is 9.74. The molecule has 0 amide bonds. The molecule has 3 atom stereocenters. The zero-order valence-electron chi connectivity index (χ0n) is 11.8. The molecular formula is C16H22OS2. The lowest BCUT2D eigenvalue weighted by Gasteiger charge is -2.30. The van der Waals surface area contributed by atoms with Gasteiger partial charge in [-0.1, -0.05) is 13.8 Å². The molecule has 1 aliphatic carbocycles. The third-order valence-corrected chi connectivity index (χ3v) is 7.10. The maximum atomic E-state index is 12.7. The van der Waals surface area contributed by atoms with E-state index >= 15 is 0 Å². The number of aryl methyl sites for hydroxylation is 1. The predicted octanol–water partition coefficient (Wildman–Crippen LogP) is 4.79. The van der Waals surface area contributed by atoms with Gasteiger partial charge in [0.15, 0.2) is 5.78 Å². The van der Waals surface area contributed by atoms with E-state index in [1.54, 1.807) is 11.3 Å². The molecule has 3 unspecified atom stereocenters. The van der Waals surface area contributed by atoms with Crippen molar-refractivity contribution < 1.29 is 4.79 Å². The summed E-state index contributed by atoms with van der Waals surface area (Å²) in [6.07, 6.45) is 4.58. The van der Waals surface area contributed by atoms with E-state index in [9.17, 15) is 4.79 Å². The van der Waals surface area contributed by atoms with Gasteiger partial charge in [0.25, 0.3) is 0 Å². The number of carbonyl (C=O) groups is 1. The molecule has 1 aliphatic heterocycles.